The minimum atomic E-state index is 0.806. The molecule has 1 aliphatic rings. The standard InChI is InChI=1S/C16H25NO/c1-2-9-16(10-3-1)18-14-6-12-17-13-11-15-7-4-5-8-15/h1-3,9-10,15,17H,4-8,11-14H2. The van der Waals surface area contributed by atoms with E-state index in [0.717, 1.165) is 31.2 Å². The fourth-order valence-corrected chi connectivity index (χ4v) is 2.63. The average molecular weight is 247 g/mol. The van der Waals surface area contributed by atoms with Crippen molar-refractivity contribution in [2.45, 2.75) is 38.5 Å². The molecule has 1 aromatic rings. The molecule has 1 aliphatic carbocycles. The summed E-state index contributed by atoms with van der Waals surface area (Å²) in [5.41, 5.74) is 0. The van der Waals surface area contributed by atoms with Crippen LogP contribution in [-0.4, -0.2) is 19.7 Å². The van der Waals surface area contributed by atoms with E-state index in [1.165, 1.54) is 38.6 Å². The molecule has 0 spiro atoms. The third kappa shape index (κ3) is 5.09. The van der Waals surface area contributed by atoms with Crippen molar-refractivity contribution in [3.05, 3.63) is 30.3 Å². The lowest BCUT2D eigenvalue weighted by Gasteiger charge is -2.10. The van der Waals surface area contributed by atoms with E-state index in [1.54, 1.807) is 0 Å². The van der Waals surface area contributed by atoms with Crippen LogP contribution in [0.3, 0.4) is 0 Å². The molecule has 0 aromatic heterocycles. The van der Waals surface area contributed by atoms with Crippen molar-refractivity contribution in [2.24, 2.45) is 5.92 Å². The number of para-hydroxylation sites is 1. The van der Waals surface area contributed by atoms with Gasteiger partial charge in [-0.1, -0.05) is 43.9 Å². The molecule has 0 radical (unpaired) electrons. The van der Waals surface area contributed by atoms with Crippen molar-refractivity contribution >= 4 is 0 Å². The van der Waals surface area contributed by atoms with E-state index in [2.05, 4.69) is 5.32 Å². The lowest BCUT2D eigenvalue weighted by atomic mass is 10.0. The highest BCUT2D eigenvalue weighted by atomic mass is 16.5. The molecule has 2 rings (SSSR count). The second-order valence-corrected chi connectivity index (χ2v) is 5.20. The van der Waals surface area contributed by atoms with Crippen LogP contribution in [0.2, 0.25) is 0 Å². The zero-order valence-electron chi connectivity index (χ0n) is 11.2. The predicted octanol–water partition coefficient (Wildman–Crippen LogP) is 3.63. The van der Waals surface area contributed by atoms with Gasteiger partial charge in [-0.25, -0.2) is 0 Å². The largest absolute Gasteiger partial charge is 0.494 e. The summed E-state index contributed by atoms with van der Waals surface area (Å²) in [7, 11) is 0. The van der Waals surface area contributed by atoms with Crippen molar-refractivity contribution < 1.29 is 4.74 Å². The summed E-state index contributed by atoms with van der Waals surface area (Å²) in [6, 6.07) is 10.0. The Hall–Kier alpha value is -1.02. The first-order valence-electron chi connectivity index (χ1n) is 7.34. The van der Waals surface area contributed by atoms with Crippen LogP contribution >= 0.6 is 0 Å². The Morgan fingerprint density at radius 3 is 2.61 bits per heavy atom. The monoisotopic (exact) mass is 247 g/mol. The Bertz CT molecular complexity index is 306. The molecule has 2 heteroatoms. The van der Waals surface area contributed by atoms with E-state index in [1.807, 2.05) is 30.3 Å². The van der Waals surface area contributed by atoms with Crippen molar-refractivity contribution in [3.63, 3.8) is 0 Å². The van der Waals surface area contributed by atoms with Crippen LogP contribution in [0.15, 0.2) is 30.3 Å². The number of hydrogen-bond acceptors (Lipinski definition) is 2. The second-order valence-electron chi connectivity index (χ2n) is 5.20. The SMILES string of the molecule is c1ccc(OCCCNCCC2CCCC2)cc1. The van der Waals surface area contributed by atoms with Gasteiger partial charge in [-0.3, -0.25) is 0 Å². The molecule has 0 unspecified atom stereocenters. The van der Waals surface area contributed by atoms with Gasteiger partial charge in [-0.2, -0.15) is 0 Å². The Labute approximate surface area is 111 Å². The van der Waals surface area contributed by atoms with Gasteiger partial charge in [0.1, 0.15) is 5.75 Å². The van der Waals surface area contributed by atoms with E-state index in [4.69, 9.17) is 4.74 Å². The smallest absolute Gasteiger partial charge is 0.119 e. The van der Waals surface area contributed by atoms with Crippen LogP contribution in [0.25, 0.3) is 0 Å². The van der Waals surface area contributed by atoms with Crippen LogP contribution in [0, 0.1) is 5.92 Å². The van der Waals surface area contributed by atoms with Gasteiger partial charge in [-0.15, -0.1) is 0 Å². The van der Waals surface area contributed by atoms with Crippen LogP contribution < -0.4 is 10.1 Å². The van der Waals surface area contributed by atoms with Gasteiger partial charge in [0.15, 0.2) is 0 Å². The number of rotatable bonds is 8. The molecule has 0 amide bonds. The molecule has 18 heavy (non-hydrogen) atoms. The summed E-state index contributed by atoms with van der Waals surface area (Å²) in [6.45, 7) is 3.05. The first kappa shape index (κ1) is 13.4. The maximum Gasteiger partial charge on any atom is 0.119 e. The molecule has 0 atom stereocenters. The Balaban J connectivity index is 1.42. The summed E-state index contributed by atoms with van der Waals surface area (Å²) in [5, 5.41) is 3.52. The topological polar surface area (TPSA) is 21.3 Å². The quantitative estimate of drug-likeness (QED) is 0.708. The van der Waals surface area contributed by atoms with E-state index >= 15 is 0 Å². The van der Waals surface area contributed by atoms with Gasteiger partial charge in [0.2, 0.25) is 0 Å². The molecular formula is C16H25NO. The van der Waals surface area contributed by atoms with Crippen LogP contribution in [0.4, 0.5) is 0 Å². The minimum absolute atomic E-state index is 0.806. The molecule has 0 heterocycles. The molecule has 100 valence electrons. The summed E-state index contributed by atoms with van der Waals surface area (Å²) in [4.78, 5) is 0. The number of benzene rings is 1. The number of nitrogens with one attached hydrogen (secondary N) is 1. The Morgan fingerprint density at radius 2 is 1.83 bits per heavy atom. The molecule has 1 aromatic carbocycles. The fourth-order valence-electron chi connectivity index (χ4n) is 2.63. The highest BCUT2D eigenvalue weighted by Gasteiger charge is 2.13. The predicted molar refractivity (Wildman–Crippen MR) is 76.0 cm³/mol. The molecular weight excluding hydrogens is 222 g/mol. The van der Waals surface area contributed by atoms with Crippen molar-refractivity contribution in [2.75, 3.05) is 19.7 Å². The van der Waals surface area contributed by atoms with Gasteiger partial charge in [-0.05, 0) is 44.0 Å². The van der Waals surface area contributed by atoms with Crippen molar-refractivity contribution in [1.82, 2.24) is 5.32 Å². The third-order valence-electron chi connectivity index (χ3n) is 3.71. The molecule has 0 bridgehead atoms. The molecule has 1 fully saturated rings. The van der Waals surface area contributed by atoms with Gasteiger partial charge in [0.25, 0.3) is 0 Å². The maximum atomic E-state index is 5.65. The van der Waals surface area contributed by atoms with E-state index in [9.17, 15) is 0 Å². The maximum absolute atomic E-state index is 5.65. The lowest BCUT2D eigenvalue weighted by Crippen LogP contribution is -2.20. The van der Waals surface area contributed by atoms with Gasteiger partial charge < -0.3 is 10.1 Å². The summed E-state index contributed by atoms with van der Waals surface area (Å²) in [5.74, 6) is 1.97. The lowest BCUT2D eigenvalue weighted by molar-refractivity contribution is 0.307. The van der Waals surface area contributed by atoms with Crippen LogP contribution in [-0.2, 0) is 0 Å². The third-order valence-corrected chi connectivity index (χ3v) is 3.71. The summed E-state index contributed by atoms with van der Waals surface area (Å²) in [6.07, 6.45) is 8.27. The van der Waals surface area contributed by atoms with Crippen molar-refractivity contribution in [3.8, 4) is 5.75 Å². The molecule has 1 saturated carbocycles. The first-order valence-corrected chi connectivity index (χ1v) is 7.34. The summed E-state index contributed by atoms with van der Waals surface area (Å²) < 4.78 is 5.65. The number of hydrogen-bond donors (Lipinski definition) is 1. The van der Waals surface area contributed by atoms with Gasteiger partial charge >= 0.3 is 0 Å². The van der Waals surface area contributed by atoms with E-state index in [0.29, 0.717) is 0 Å². The van der Waals surface area contributed by atoms with E-state index in [-0.39, 0.29) is 0 Å². The van der Waals surface area contributed by atoms with Crippen LogP contribution in [0.1, 0.15) is 38.5 Å². The van der Waals surface area contributed by atoms with Gasteiger partial charge in [0, 0.05) is 0 Å². The molecule has 2 nitrogen and oxygen atoms in total. The van der Waals surface area contributed by atoms with Gasteiger partial charge in [0.05, 0.1) is 6.61 Å². The highest BCUT2D eigenvalue weighted by Crippen LogP contribution is 2.26. The number of ether oxygens (including phenoxy) is 1. The minimum Gasteiger partial charge on any atom is -0.494 e. The summed E-state index contributed by atoms with van der Waals surface area (Å²) >= 11 is 0. The Morgan fingerprint density at radius 1 is 1.06 bits per heavy atom. The normalized spacial score (nSPS) is 16.0. The van der Waals surface area contributed by atoms with Crippen molar-refractivity contribution in [1.29, 1.82) is 0 Å². The fraction of sp³-hybridized carbons (Fsp3) is 0.625. The highest BCUT2D eigenvalue weighted by molar-refractivity contribution is 5.20. The average Bonchev–Trinajstić information content (AvgIpc) is 2.92. The molecule has 0 saturated heterocycles. The Kier molecular flexibility index (Phi) is 6.07. The zero-order chi connectivity index (χ0) is 12.5. The zero-order valence-corrected chi connectivity index (χ0v) is 11.2. The second kappa shape index (κ2) is 8.15. The van der Waals surface area contributed by atoms with Crippen LogP contribution in [0.5, 0.6) is 5.75 Å². The first-order chi connectivity index (χ1) is 8.95. The molecule has 1 N–H and O–H groups in total. The molecule has 0 aliphatic heterocycles. The van der Waals surface area contributed by atoms with E-state index < -0.39 is 0 Å².